The Morgan fingerprint density at radius 1 is 1.24 bits per heavy atom. The van der Waals surface area contributed by atoms with E-state index in [-0.39, 0.29) is 11.6 Å². The van der Waals surface area contributed by atoms with Crippen molar-refractivity contribution in [3.63, 3.8) is 0 Å². The van der Waals surface area contributed by atoms with Gasteiger partial charge >= 0.3 is 0 Å². The van der Waals surface area contributed by atoms with E-state index in [0.29, 0.717) is 18.0 Å². The third-order valence-electron chi connectivity index (χ3n) is 4.08. The summed E-state index contributed by atoms with van der Waals surface area (Å²) >= 11 is 0. The predicted octanol–water partition coefficient (Wildman–Crippen LogP) is 2.99. The number of phenols is 1. The Kier molecular flexibility index (Phi) is 4.15. The smallest absolute Gasteiger partial charge is 0.123 e. The maximum atomic E-state index is 13.2. The summed E-state index contributed by atoms with van der Waals surface area (Å²) in [6.45, 7) is 2.58. The van der Waals surface area contributed by atoms with Gasteiger partial charge in [0.1, 0.15) is 11.6 Å². The van der Waals surface area contributed by atoms with Crippen molar-refractivity contribution < 1.29 is 9.50 Å². The molecule has 21 heavy (non-hydrogen) atoms. The van der Waals surface area contributed by atoms with Crippen LogP contribution >= 0.6 is 0 Å². The van der Waals surface area contributed by atoms with E-state index in [0.717, 1.165) is 25.9 Å². The van der Waals surface area contributed by atoms with Gasteiger partial charge < -0.3 is 5.11 Å². The molecule has 2 heterocycles. The summed E-state index contributed by atoms with van der Waals surface area (Å²) < 4.78 is 13.2. The molecule has 1 aliphatic heterocycles. The maximum absolute atomic E-state index is 13.2. The Hall–Kier alpha value is -1.94. The van der Waals surface area contributed by atoms with Crippen LogP contribution in [0.15, 0.2) is 42.7 Å². The Bertz CT molecular complexity index is 603. The molecule has 1 saturated heterocycles. The first-order chi connectivity index (χ1) is 10.2. The summed E-state index contributed by atoms with van der Waals surface area (Å²) in [5.74, 6) is 0.493. The van der Waals surface area contributed by atoms with Crippen molar-refractivity contribution in [2.75, 3.05) is 13.1 Å². The van der Waals surface area contributed by atoms with E-state index in [4.69, 9.17) is 0 Å². The molecule has 1 fully saturated rings. The van der Waals surface area contributed by atoms with E-state index in [1.54, 1.807) is 0 Å². The summed E-state index contributed by atoms with van der Waals surface area (Å²) in [5, 5.41) is 9.80. The molecule has 1 aromatic carbocycles. The predicted molar refractivity (Wildman–Crippen MR) is 79.4 cm³/mol. The lowest BCUT2D eigenvalue weighted by Gasteiger charge is -2.17. The molecule has 3 nitrogen and oxygen atoms in total. The number of nitrogens with zero attached hydrogens (tertiary/aromatic N) is 2. The first kappa shape index (κ1) is 14.0. The number of aromatic nitrogens is 1. The van der Waals surface area contributed by atoms with Crippen LogP contribution in [0, 0.1) is 11.7 Å². The quantitative estimate of drug-likeness (QED) is 0.938. The number of likely N-dealkylation sites (tertiary alicyclic amines) is 1. The highest BCUT2D eigenvalue weighted by Crippen LogP contribution is 2.25. The van der Waals surface area contributed by atoms with Gasteiger partial charge in [-0.2, -0.15) is 0 Å². The lowest BCUT2D eigenvalue weighted by Crippen LogP contribution is -2.20. The summed E-state index contributed by atoms with van der Waals surface area (Å²) in [6.07, 6.45) is 5.84. The molecule has 0 amide bonds. The zero-order valence-corrected chi connectivity index (χ0v) is 11.9. The SMILES string of the molecule is Oc1ccc(F)cc1CN1CCC(Cc2ccncc2)C1. The van der Waals surface area contributed by atoms with E-state index >= 15 is 0 Å². The second-order valence-electron chi connectivity index (χ2n) is 5.72. The van der Waals surface area contributed by atoms with Crippen molar-refractivity contribution in [3.8, 4) is 5.75 Å². The van der Waals surface area contributed by atoms with Gasteiger partial charge in [0.2, 0.25) is 0 Å². The second kappa shape index (κ2) is 6.22. The highest BCUT2D eigenvalue weighted by atomic mass is 19.1. The summed E-state index contributed by atoms with van der Waals surface area (Å²) in [7, 11) is 0. The summed E-state index contributed by atoms with van der Waals surface area (Å²) in [4.78, 5) is 6.31. The third-order valence-corrected chi connectivity index (χ3v) is 4.08. The van der Waals surface area contributed by atoms with Gasteiger partial charge in [0.15, 0.2) is 0 Å². The van der Waals surface area contributed by atoms with Crippen molar-refractivity contribution in [2.24, 2.45) is 5.92 Å². The molecule has 3 rings (SSSR count). The van der Waals surface area contributed by atoms with Gasteiger partial charge in [0, 0.05) is 31.0 Å². The molecule has 0 aliphatic carbocycles. The van der Waals surface area contributed by atoms with Crippen LogP contribution in [-0.4, -0.2) is 28.1 Å². The fourth-order valence-electron chi connectivity index (χ4n) is 3.00. The lowest BCUT2D eigenvalue weighted by molar-refractivity contribution is 0.309. The van der Waals surface area contributed by atoms with Crippen molar-refractivity contribution >= 4 is 0 Å². The average molecular weight is 286 g/mol. The van der Waals surface area contributed by atoms with E-state index in [2.05, 4.69) is 22.0 Å². The Labute approximate surface area is 124 Å². The van der Waals surface area contributed by atoms with E-state index in [1.807, 2.05) is 12.4 Å². The van der Waals surface area contributed by atoms with Gasteiger partial charge in [-0.1, -0.05) is 0 Å². The van der Waals surface area contributed by atoms with Gasteiger partial charge in [0.25, 0.3) is 0 Å². The van der Waals surface area contributed by atoms with E-state index < -0.39 is 0 Å². The molecule has 110 valence electrons. The molecule has 4 heteroatoms. The minimum absolute atomic E-state index is 0.175. The molecule has 0 radical (unpaired) electrons. The standard InChI is InChI=1S/C17H19FN2O/c18-16-1-2-17(21)15(10-16)12-20-8-5-14(11-20)9-13-3-6-19-7-4-13/h1-4,6-7,10,14,21H,5,8-9,11-12H2. The van der Waals surface area contributed by atoms with Crippen LogP contribution in [0.4, 0.5) is 4.39 Å². The van der Waals surface area contributed by atoms with Gasteiger partial charge in [-0.15, -0.1) is 0 Å². The van der Waals surface area contributed by atoms with E-state index in [1.165, 1.54) is 23.8 Å². The Morgan fingerprint density at radius 2 is 2.05 bits per heavy atom. The third kappa shape index (κ3) is 3.58. The van der Waals surface area contributed by atoms with Gasteiger partial charge in [-0.05, 0) is 61.2 Å². The molecular formula is C17H19FN2O. The maximum Gasteiger partial charge on any atom is 0.123 e. The minimum Gasteiger partial charge on any atom is -0.508 e. The van der Waals surface area contributed by atoms with E-state index in [9.17, 15) is 9.50 Å². The molecule has 1 unspecified atom stereocenters. The molecule has 1 atom stereocenters. The van der Waals surface area contributed by atoms with Gasteiger partial charge in [-0.25, -0.2) is 4.39 Å². The number of hydrogen-bond acceptors (Lipinski definition) is 3. The fraction of sp³-hybridized carbons (Fsp3) is 0.353. The summed E-state index contributed by atoms with van der Waals surface area (Å²) in [5.41, 5.74) is 1.98. The number of rotatable bonds is 4. The molecule has 1 N–H and O–H groups in total. The molecule has 0 bridgehead atoms. The Morgan fingerprint density at radius 3 is 2.86 bits per heavy atom. The summed E-state index contributed by atoms with van der Waals surface area (Å²) in [6, 6.07) is 8.25. The number of halogens is 1. The van der Waals surface area contributed by atoms with Gasteiger partial charge in [-0.3, -0.25) is 9.88 Å². The van der Waals surface area contributed by atoms with Crippen molar-refractivity contribution in [3.05, 3.63) is 59.7 Å². The molecule has 2 aromatic rings. The highest BCUT2D eigenvalue weighted by molar-refractivity contribution is 5.32. The number of phenolic OH excluding ortho intramolecular Hbond substituents is 1. The molecule has 1 aromatic heterocycles. The number of benzene rings is 1. The number of hydrogen-bond donors (Lipinski definition) is 1. The molecule has 0 spiro atoms. The molecule has 1 aliphatic rings. The van der Waals surface area contributed by atoms with Crippen molar-refractivity contribution in [1.82, 2.24) is 9.88 Å². The number of aromatic hydroxyl groups is 1. The zero-order valence-electron chi connectivity index (χ0n) is 11.9. The first-order valence-electron chi connectivity index (χ1n) is 7.29. The van der Waals surface area contributed by atoms with Crippen LogP contribution in [0.2, 0.25) is 0 Å². The van der Waals surface area contributed by atoms with Crippen molar-refractivity contribution in [1.29, 1.82) is 0 Å². The van der Waals surface area contributed by atoms with Crippen LogP contribution < -0.4 is 0 Å². The van der Waals surface area contributed by atoms with Crippen molar-refractivity contribution in [2.45, 2.75) is 19.4 Å². The van der Waals surface area contributed by atoms with Crippen LogP contribution in [0.1, 0.15) is 17.5 Å². The largest absolute Gasteiger partial charge is 0.508 e. The van der Waals surface area contributed by atoms with Crippen LogP contribution in [0.25, 0.3) is 0 Å². The fourth-order valence-corrected chi connectivity index (χ4v) is 3.00. The van der Waals surface area contributed by atoms with Crippen LogP contribution in [0.3, 0.4) is 0 Å². The average Bonchev–Trinajstić information content (AvgIpc) is 2.91. The normalized spacial score (nSPS) is 19.0. The van der Waals surface area contributed by atoms with Crippen LogP contribution in [0.5, 0.6) is 5.75 Å². The zero-order chi connectivity index (χ0) is 14.7. The molecule has 0 saturated carbocycles. The lowest BCUT2D eigenvalue weighted by atomic mass is 10.00. The monoisotopic (exact) mass is 286 g/mol. The first-order valence-corrected chi connectivity index (χ1v) is 7.29. The second-order valence-corrected chi connectivity index (χ2v) is 5.72. The Balaban J connectivity index is 1.58. The highest BCUT2D eigenvalue weighted by Gasteiger charge is 2.23. The molecular weight excluding hydrogens is 267 g/mol. The van der Waals surface area contributed by atoms with Gasteiger partial charge in [0.05, 0.1) is 0 Å². The topological polar surface area (TPSA) is 36.4 Å². The number of pyridine rings is 1. The minimum atomic E-state index is -0.296. The van der Waals surface area contributed by atoms with Crippen LogP contribution in [-0.2, 0) is 13.0 Å².